The zero-order valence-corrected chi connectivity index (χ0v) is 16.3. The third-order valence-electron chi connectivity index (χ3n) is 5.85. The molecule has 0 saturated carbocycles. The number of carbonyl (C=O) groups excluding carboxylic acids is 1. The molecule has 2 atom stereocenters. The van der Waals surface area contributed by atoms with Gasteiger partial charge in [0.25, 0.3) is 5.91 Å². The van der Waals surface area contributed by atoms with Gasteiger partial charge in [0.05, 0.1) is 11.0 Å². The topological polar surface area (TPSA) is 87.2 Å². The fourth-order valence-electron chi connectivity index (χ4n) is 4.44. The number of aromatic nitrogens is 2. The van der Waals surface area contributed by atoms with Crippen molar-refractivity contribution in [1.29, 1.82) is 0 Å². The quantitative estimate of drug-likeness (QED) is 0.775. The fraction of sp³-hybridized carbons (Fsp3) is 0.526. The van der Waals surface area contributed by atoms with Gasteiger partial charge in [-0.15, -0.1) is 12.4 Å². The van der Waals surface area contributed by atoms with Gasteiger partial charge in [0, 0.05) is 37.3 Å². The van der Waals surface area contributed by atoms with Crippen molar-refractivity contribution in [1.82, 2.24) is 19.8 Å². The molecule has 2 bridgehead atoms. The molecule has 2 N–H and O–H groups in total. The van der Waals surface area contributed by atoms with Crippen LogP contribution in [0.25, 0.3) is 11.0 Å². The summed E-state index contributed by atoms with van der Waals surface area (Å²) in [5.41, 5.74) is 0.453. The molecule has 2 unspecified atom stereocenters. The number of H-pyrrole nitrogens is 1. The van der Waals surface area contributed by atoms with Gasteiger partial charge in [-0.2, -0.15) is 0 Å². The van der Waals surface area contributed by atoms with Crippen molar-refractivity contribution in [3.63, 3.8) is 0 Å². The molecule has 0 aliphatic carbocycles. The van der Waals surface area contributed by atoms with Crippen LogP contribution in [0.5, 0.6) is 0 Å². The summed E-state index contributed by atoms with van der Waals surface area (Å²) in [5.74, 6) is -0.0479. The highest BCUT2D eigenvalue weighted by Gasteiger charge is 2.36. The van der Waals surface area contributed by atoms with Crippen molar-refractivity contribution in [2.75, 3.05) is 7.05 Å². The number of aryl methyl sites for hydroxylation is 1. The van der Waals surface area contributed by atoms with E-state index in [-0.39, 0.29) is 24.4 Å². The lowest BCUT2D eigenvalue weighted by Gasteiger charge is -2.35. The summed E-state index contributed by atoms with van der Waals surface area (Å²) in [6, 6.07) is 6.42. The highest BCUT2D eigenvalue weighted by Crippen LogP contribution is 2.30. The van der Waals surface area contributed by atoms with E-state index in [0.29, 0.717) is 35.2 Å². The van der Waals surface area contributed by atoms with Gasteiger partial charge in [-0.25, -0.2) is 0 Å². The van der Waals surface area contributed by atoms with E-state index >= 15 is 0 Å². The molecule has 1 aromatic carbocycles. The standard InChI is InChI=1S/C19H24N4O3.ClH/c1-3-23-16-7-4-11(8-15(16)21-17(24)19(23)26)18(25)22(2)14-9-12-5-6-13(10-14)20-12;/h4,7-8,12-14,20H,3,5-6,9-10H2,1-2H3,(H,21,24);1H. The van der Waals surface area contributed by atoms with Crippen LogP contribution in [-0.4, -0.2) is 45.5 Å². The van der Waals surface area contributed by atoms with Crippen LogP contribution < -0.4 is 16.4 Å². The first-order valence-electron chi connectivity index (χ1n) is 9.28. The molecule has 8 heteroatoms. The molecule has 27 heavy (non-hydrogen) atoms. The minimum Gasteiger partial charge on any atom is -0.339 e. The molecular weight excluding hydrogens is 368 g/mol. The van der Waals surface area contributed by atoms with Crippen molar-refractivity contribution < 1.29 is 4.79 Å². The maximum Gasteiger partial charge on any atom is 0.316 e. The normalized spacial score (nSPS) is 23.9. The van der Waals surface area contributed by atoms with Crippen molar-refractivity contribution in [3.05, 3.63) is 44.5 Å². The molecule has 3 heterocycles. The first-order chi connectivity index (χ1) is 12.5. The van der Waals surface area contributed by atoms with Crippen LogP contribution in [0, 0.1) is 0 Å². The lowest BCUT2D eigenvalue weighted by atomic mass is 9.98. The van der Waals surface area contributed by atoms with E-state index in [9.17, 15) is 14.4 Å². The highest BCUT2D eigenvalue weighted by atomic mass is 35.5. The van der Waals surface area contributed by atoms with Gasteiger partial charge in [0.2, 0.25) is 0 Å². The van der Waals surface area contributed by atoms with Crippen molar-refractivity contribution in [2.24, 2.45) is 0 Å². The van der Waals surface area contributed by atoms with Gasteiger partial charge < -0.3 is 19.8 Å². The number of carbonyl (C=O) groups is 1. The van der Waals surface area contributed by atoms with Crippen molar-refractivity contribution in [3.8, 4) is 0 Å². The summed E-state index contributed by atoms with van der Waals surface area (Å²) >= 11 is 0. The Morgan fingerprint density at radius 3 is 2.52 bits per heavy atom. The van der Waals surface area contributed by atoms with E-state index in [1.807, 2.05) is 18.9 Å². The van der Waals surface area contributed by atoms with E-state index in [1.165, 1.54) is 17.4 Å². The van der Waals surface area contributed by atoms with Crippen LogP contribution in [0.1, 0.15) is 43.0 Å². The molecule has 2 aliphatic rings. The van der Waals surface area contributed by atoms with Crippen LogP contribution in [0.2, 0.25) is 0 Å². The lowest BCUT2D eigenvalue weighted by molar-refractivity contribution is 0.0682. The number of rotatable bonds is 3. The molecule has 7 nitrogen and oxygen atoms in total. The number of aromatic amines is 1. The first kappa shape index (κ1) is 19.6. The third kappa shape index (κ3) is 3.41. The Morgan fingerprint density at radius 2 is 1.89 bits per heavy atom. The van der Waals surface area contributed by atoms with E-state index in [2.05, 4.69) is 10.3 Å². The van der Waals surface area contributed by atoms with Gasteiger partial charge in [-0.1, -0.05) is 0 Å². The summed E-state index contributed by atoms with van der Waals surface area (Å²) < 4.78 is 1.43. The molecule has 1 aromatic heterocycles. The summed E-state index contributed by atoms with van der Waals surface area (Å²) in [6.07, 6.45) is 4.35. The highest BCUT2D eigenvalue weighted by molar-refractivity contribution is 5.97. The maximum atomic E-state index is 13.0. The number of fused-ring (bicyclic) bond motifs is 3. The fourth-order valence-corrected chi connectivity index (χ4v) is 4.44. The second-order valence-electron chi connectivity index (χ2n) is 7.41. The molecule has 146 valence electrons. The molecule has 2 saturated heterocycles. The second kappa shape index (κ2) is 7.48. The smallest absolute Gasteiger partial charge is 0.316 e. The summed E-state index contributed by atoms with van der Waals surface area (Å²) in [6.45, 7) is 2.23. The SMILES string of the molecule is CCn1c(=O)c(=O)[nH]c2cc(C(=O)N(C)C3CC4CCC(C3)N4)ccc21.Cl. The van der Waals surface area contributed by atoms with Crippen molar-refractivity contribution in [2.45, 2.75) is 57.3 Å². The monoisotopic (exact) mass is 392 g/mol. The Bertz CT molecular complexity index is 971. The molecule has 0 radical (unpaired) electrons. The number of nitrogens with zero attached hydrogens (tertiary/aromatic N) is 2. The summed E-state index contributed by atoms with van der Waals surface area (Å²) in [7, 11) is 1.86. The minimum atomic E-state index is -0.660. The van der Waals surface area contributed by atoms with Crippen LogP contribution >= 0.6 is 12.4 Å². The Labute approximate surface area is 163 Å². The van der Waals surface area contributed by atoms with Crippen LogP contribution in [-0.2, 0) is 6.54 Å². The lowest BCUT2D eigenvalue weighted by Crippen LogP contribution is -2.48. The van der Waals surface area contributed by atoms with Gasteiger partial charge in [-0.05, 0) is 50.8 Å². The van der Waals surface area contributed by atoms with E-state index in [4.69, 9.17) is 0 Å². The average Bonchev–Trinajstić information content (AvgIpc) is 2.99. The van der Waals surface area contributed by atoms with E-state index in [0.717, 1.165) is 12.8 Å². The van der Waals surface area contributed by atoms with Gasteiger partial charge in [0.15, 0.2) is 0 Å². The Hall–Kier alpha value is -2.12. The van der Waals surface area contributed by atoms with Crippen LogP contribution in [0.15, 0.2) is 27.8 Å². The first-order valence-corrected chi connectivity index (χ1v) is 9.28. The average molecular weight is 393 g/mol. The Morgan fingerprint density at radius 1 is 1.22 bits per heavy atom. The maximum absolute atomic E-state index is 13.0. The predicted octanol–water partition coefficient (Wildman–Crippen LogP) is 1.49. The number of nitrogens with one attached hydrogen (secondary N) is 2. The summed E-state index contributed by atoms with van der Waals surface area (Å²) in [4.78, 5) is 41.2. The molecule has 1 amide bonds. The number of piperidine rings is 1. The largest absolute Gasteiger partial charge is 0.339 e. The van der Waals surface area contributed by atoms with E-state index in [1.54, 1.807) is 18.2 Å². The van der Waals surface area contributed by atoms with Gasteiger partial charge in [-0.3, -0.25) is 14.4 Å². The minimum absolute atomic E-state index is 0. The second-order valence-corrected chi connectivity index (χ2v) is 7.41. The number of benzene rings is 1. The number of halogens is 1. The van der Waals surface area contributed by atoms with Gasteiger partial charge in [0.1, 0.15) is 0 Å². The molecule has 4 rings (SSSR count). The van der Waals surface area contributed by atoms with Crippen molar-refractivity contribution >= 4 is 29.3 Å². The Balaban J connectivity index is 0.00000210. The molecular formula is C19H25ClN4O3. The third-order valence-corrected chi connectivity index (χ3v) is 5.85. The van der Waals surface area contributed by atoms with Crippen LogP contribution in [0.3, 0.4) is 0 Å². The van der Waals surface area contributed by atoms with Crippen LogP contribution in [0.4, 0.5) is 0 Å². The molecule has 2 aliphatic heterocycles. The molecule has 0 spiro atoms. The molecule has 2 aromatic rings. The summed E-state index contributed by atoms with van der Waals surface area (Å²) in [5, 5.41) is 3.59. The molecule has 2 fully saturated rings. The van der Waals surface area contributed by atoms with E-state index < -0.39 is 11.1 Å². The number of hydrogen-bond donors (Lipinski definition) is 2. The number of amides is 1. The van der Waals surface area contributed by atoms with Gasteiger partial charge >= 0.3 is 11.1 Å². The zero-order valence-electron chi connectivity index (χ0n) is 15.5. The Kier molecular flexibility index (Phi) is 5.44. The number of hydrogen-bond acceptors (Lipinski definition) is 4. The zero-order chi connectivity index (χ0) is 18.4. The predicted molar refractivity (Wildman–Crippen MR) is 107 cm³/mol.